The zero-order valence-corrected chi connectivity index (χ0v) is 9.76. The minimum absolute atomic E-state index is 0.693. The summed E-state index contributed by atoms with van der Waals surface area (Å²) in [4.78, 5) is 0. The van der Waals surface area contributed by atoms with Gasteiger partial charge in [0.05, 0.1) is 5.02 Å². The molecule has 3 heteroatoms. The highest BCUT2D eigenvalue weighted by atomic mass is 35.5. The molecule has 0 saturated heterocycles. The van der Waals surface area contributed by atoms with Crippen LogP contribution in [-0.4, -0.2) is 12.6 Å². The number of para-hydroxylation sites is 1. The molecule has 1 heterocycles. The summed E-state index contributed by atoms with van der Waals surface area (Å²) in [5.74, 6) is 1.01. The SMILES string of the molecule is Clc1cccc2cc(CCNC3CC3)oc12. The molecule has 1 aromatic heterocycles. The van der Waals surface area contributed by atoms with E-state index >= 15 is 0 Å². The van der Waals surface area contributed by atoms with Crippen molar-refractivity contribution in [3.8, 4) is 0 Å². The van der Waals surface area contributed by atoms with E-state index in [4.69, 9.17) is 16.0 Å². The lowest BCUT2D eigenvalue weighted by atomic mass is 10.2. The summed E-state index contributed by atoms with van der Waals surface area (Å²) in [5.41, 5.74) is 0.811. The lowest BCUT2D eigenvalue weighted by molar-refractivity contribution is 0.532. The molecule has 84 valence electrons. The first-order valence-corrected chi connectivity index (χ1v) is 6.11. The van der Waals surface area contributed by atoms with Crippen molar-refractivity contribution in [2.75, 3.05) is 6.54 Å². The summed E-state index contributed by atoms with van der Waals surface area (Å²) in [6.45, 7) is 0.988. The van der Waals surface area contributed by atoms with E-state index in [1.807, 2.05) is 18.2 Å². The molecular formula is C13H14ClNO. The lowest BCUT2D eigenvalue weighted by Crippen LogP contribution is -2.18. The van der Waals surface area contributed by atoms with Gasteiger partial charge in [0.15, 0.2) is 5.58 Å². The molecule has 0 aliphatic heterocycles. The molecule has 1 saturated carbocycles. The van der Waals surface area contributed by atoms with E-state index in [1.165, 1.54) is 12.8 Å². The van der Waals surface area contributed by atoms with Gasteiger partial charge in [-0.25, -0.2) is 0 Å². The van der Waals surface area contributed by atoms with E-state index in [2.05, 4.69) is 11.4 Å². The van der Waals surface area contributed by atoms with Gasteiger partial charge < -0.3 is 9.73 Å². The van der Waals surface area contributed by atoms with Gasteiger partial charge >= 0.3 is 0 Å². The summed E-state index contributed by atoms with van der Waals surface area (Å²) >= 11 is 6.06. The first kappa shape index (κ1) is 10.2. The number of rotatable bonds is 4. The third-order valence-electron chi connectivity index (χ3n) is 2.93. The number of hydrogen-bond acceptors (Lipinski definition) is 2. The topological polar surface area (TPSA) is 25.2 Å². The number of benzene rings is 1. The molecule has 3 rings (SSSR count). The van der Waals surface area contributed by atoms with Crippen molar-refractivity contribution in [3.05, 3.63) is 35.0 Å². The fourth-order valence-electron chi connectivity index (χ4n) is 1.89. The summed E-state index contributed by atoms with van der Waals surface area (Å²) in [6, 6.07) is 8.68. The van der Waals surface area contributed by atoms with Crippen LogP contribution in [0.3, 0.4) is 0 Å². The average molecular weight is 236 g/mol. The molecule has 0 spiro atoms. The smallest absolute Gasteiger partial charge is 0.152 e. The van der Waals surface area contributed by atoms with Crippen molar-refractivity contribution in [3.63, 3.8) is 0 Å². The highest BCUT2D eigenvalue weighted by Crippen LogP contribution is 2.26. The second-order valence-electron chi connectivity index (χ2n) is 4.35. The number of nitrogens with one attached hydrogen (secondary N) is 1. The zero-order chi connectivity index (χ0) is 11.0. The minimum Gasteiger partial charge on any atom is -0.459 e. The van der Waals surface area contributed by atoms with Crippen LogP contribution in [0.25, 0.3) is 11.0 Å². The van der Waals surface area contributed by atoms with Gasteiger partial charge in [-0.15, -0.1) is 0 Å². The van der Waals surface area contributed by atoms with Gasteiger partial charge in [-0.1, -0.05) is 23.7 Å². The van der Waals surface area contributed by atoms with Gasteiger partial charge in [0, 0.05) is 24.4 Å². The van der Waals surface area contributed by atoms with Crippen molar-refractivity contribution in [2.24, 2.45) is 0 Å². The standard InChI is InChI=1S/C13H14ClNO/c14-12-3-1-2-9-8-11(16-13(9)12)6-7-15-10-4-5-10/h1-3,8,10,15H,4-7H2. The monoisotopic (exact) mass is 235 g/mol. The van der Waals surface area contributed by atoms with E-state index in [1.54, 1.807) is 0 Å². The Bertz CT molecular complexity index is 502. The second kappa shape index (κ2) is 4.11. The van der Waals surface area contributed by atoms with Gasteiger partial charge in [-0.05, 0) is 25.0 Å². The molecule has 2 aromatic rings. The molecule has 0 radical (unpaired) electrons. The molecule has 0 bridgehead atoms. The maximum atomic E-state index is 6.06. The highest BCUT2D eigenvalue weighted by molar-refractivity contribution is 6.34. The zero-order valence-electron chi connectivity index (χ0n) is 9.00. The summed E-state index contributed by atoms with van der Waals surface area (Å²) in [7, 11) is 0. The van der Waals surface area contributed by atoms with Gasteiger partial charge in [0.25, 0.3) is 0 Å². The van der Waals surface area contributed by atoms with Crippen molar-refractivity contribution in [2.45, 2.75) is 25.3 Å². The number of furan rings is 1. The molecule has 0 atom stereocenters. The van der Waals surface area contributed by atoms with E-state index < -0.39 is 0 Å². The van der Waals surface area contributed by atoms with Crippen LogP contribution in [0.5, 0.6) is 0 Å². The lowest BCUT2D eigenvalue weighted by Gasteiger charge is -1.98. The Balaban J connectivity index is 1.73. The van der Waals surface area contributed by atoms with Gasteiger partial charge in [0.1, 0.15) is 5.76 Å². The summed E-state index contributed by atoms with van der Waals surface area (Å²) in [5, 5.41) is 5.26. The third-order valence-corrected chi connectivity index (χ3v) is 3.23. The maximum absolute atomic E-state index is 6.06. The van der Waals surface area contributed by atoms with E-state index in [9.17, 15) is 0 Å². The Labute approximate surface area is 99.6 Å². The predicted molar refractivity (Wildman–Crippen MR) is 66.0 cm³/mol. The summed E-state index contributed by atoms with van der Waals surface area (Å²) < 4.78 is 5.73. The Hall–Kier alpha value is -0.990. The van der Waals surface area contributed by atoms with Gasteiger partial charge in [0.2, 0.25) is 0 Å². The maximum Gasteiger partial charge on any atom is 0.152 e. The first-order chi connectivity index (χ1) is 7.83. The number of halogens is 1. The van der Waals surface area contributed by atoms with Crippen LogP contribution in [0.1, 0.15) is 18.6 Å². The largest absolute Gasteiger partial charge is 0.459 e. The van der Waals surface area contributed by atoms with Crippen LogP contribution < -0.4 is 5.32 Å². The van der Waals surface area contributed by atoms with Gasteiger partial charge in [-0.3, -0.25) is 0 Å². The second-order valence-corrected chi connectivity index (χ2v) is 4.76. The van der Waals surface area contributed by atoms with Crippen LogP contribution in [0.2, 0.25) is 5.02 Å². The van der Waals surface area contributed by atoms with Crippen LogP contribution >= 0.6 is 11.6 Å². The number of fused-ring (bicyclic) bond motifs is 1. The van der Waals surface area contributed by atoms with Crippen molar-refractivity contribution in [1.29, 1.82) is 0 Å². The Morgan fingerprint density at radius 2 is 2.25 bits per heavy atom. The Morgan fingerprint density at radius 1 is 1.38 bits per heavy atom. The Morgan fingerprint density at radius 3 is 3.00 bits per heavy atom. The van der Waals surface area contributed by atoms with E-state index in [0.717, 1.165) is 35.7 Å². The number of hydrogen-bond donors (Lipinski definition) is 1. The Kier molecular flexibility index (Phi) is 2.62. The minimum atomic E-state index is 0.693. The van der Waals surface area contributed by atoms with Crippen LogP contribution in [-0.2, 0) is 6.42 Å². The molecule has 0 unspecified atom stereocenters. The third kappa shape index (κ3) is 2.08. The van der Waals surface area contributed by atoms with E-state index in [0.29, 0.717) is 5.02 Å². The molecule has 1 N–H and O–H groups in total. The van der Waals surface area contributed by atoms with Crippen molar-refractivity contribution < 1.29 is 4.42 Å². The normalized spacial score (nSPS) is 15.8. The van der Waals surface area contributed by atoms with Crippen LogP contribution in [0.4, 0.5) is 0 Å². The fourth-order valence-corrected chi connectivity index (χ4v) is 2.11. The molecule has 1 aliphatic carbocycles. The fraction of sp³-hybridized carbons (Fsp3) is 0.385. The van der Waals surface area contributed by atoms with Crippen molar-refractivity contribution in [1.82, 2.24) is 5.32 Å². The van der Waals surface area contributed by atoms with E-state index in [-0.39, 0.29) is 0 Å². The molecule has 0 amide bonds. The quantitative estimate of drug-likeness (QED) is 0.879. The predicted octanol–water partition coefficient (Wildman–Crippen LogP) is 3.38. The van der Waals surface area contributed by atoms with Crippen molar-refractivity contribution >= 4 is 22.6 Å². The molecule has 1 aliphatic rings. The summed E-state index contributed by atoms with van der Waals surface area (Å²) in [6.07, 6.45) is 3.58. The van der Waals surface area contributed by atoms with Gasteiger partial charge in [-0.2, -0.15) is 0 Å². The molecular weight excluding hydrogens is 222 g/mol. The molecule has 1 fully saturated rings. The average Bonchev–Trinajstić information content (AvgIpc) is 2.98. The molecule has 2 nitrogen and oxygen atoms in total. The molecule has 16 heavy (non-hydrogen) atoms. The highest BCUT2D eigenvalue weighted by Gasteiger charge is 2.19. The first-order valence-electron chi connectivity index (χ1n) is 5.73. The van der Waals surface area contributed by atoms with Crippen LogP contribution in [0.15, 0.2) is 28.7 Å². The molecule has 1 aromatic carbocycles. The van der Waals surface area contributed by atoms with Crippen LogP contribution in [0, 0.1) is 0 Å².